The van der Waals surface area contributed by atoms with Gasteiger partial charge in [0.1, 0.15) is 5.78 Å². The molecule has 0 radical (unpaired) electrons. The summed E-state index contributed by atoms with van der Waals surface area (Å²) in [5.74, 6) is -0.254. The molecule has 0 aliphatic carbocycles. The minimum absolute atomic E-state index is 0.0242. The number of carbonyl (C=O) groups is 2. The molecule has 0 N–H and O–H groups in total. The third-order valence-electron chi connectivity index (χ3n) is 1.59. The molecule has 0 bridgehead atoms. The van der Waals surface area contributed by atoms with Crippen LogP contribution in [0, 0.1) is 0 Å². The Morgan fingerprint density at radius 2 is 1.92 bits per heavy atom. The lowest BCUT2D eigenvalue weighted by molar-refractivity contribution is -0.149. The number of hydrogen-bond donors (Lipinski definition) is 0. The fourth-order valence-corrected chi connectivity index (χ4v) is 0.645. The summed E-state index contributed by atoms with van der Waals surface area (Å²) in [6, 6.07) is 0. The van der Waals surface area contributed by atoms with Gasteiger partial charge in [0, 0.05) is 6.42 Å². The van der Waals surface area contributed by atoms with Gasteiger partial charge in [0.25, 0.3) is 0 Å². The minimum Gasteiger partial charge on any atom is -0.463 e. The van der Waals surface area contributed by atoms with Gasteiger partial charge in [-0.05, 0) is 20.3 Å². The summed E-state index contributed by atoms with van der Waals surface area (Å²) < 4.78 is 4.96. The van der Waals surface area contributed by atoms with Crippen molar-refractivity contribution in [1.82, 2.24) is 0 Å². The van der Waals surface area contributed by atoms with Gasteiger partial charge in [0.15, 0.2) is 0 Å². The van der Waals surface area contributed by atoms with Gasteiger partial charge in [0.2, 0.25) is 0 Å². The van der Waals surface area contributed by atoms with Crippen LogP contribution < -0.4 is 0 Å². The molecule has 3 heteroatoms. The minimum atomic E-state index is -0.278. The number of carbonyl (C=O) groups excluding carboxylic acids is 2. The summed E-state index contributed by atoms with van der Waals surface area (Å²) >= 11 is 0. The Kier molecular flexibility index (Phi) is 5.34. The van der Waals surface area contributed by atoms with Crippen LogP contribution in [0.1, 0.15) is 40.0 Å². The maximum atomic E-state index is 10.9. The molecule has 0 aromatic heterocycles. The zero-order chi connectivity index (χ0) is 9.56. The SMILES string of the molecule is CCC(C)OC(=O)CCC(C)=O. The van der Waals surface area contributed by atoms with Crippen molar-refractivity contribution in [3.8, 4) is 0 Å². The van der Waals surface area contributed by atoms with Gasteiger partial charge in [-0.3, -0.25) is 4.79 Å². The van der Waals surface area contributed by atoms with Crippen LogP contribution in [0.25, 0.3) is 0 Å². The van der Waals surface area contributed by atoms with E-state index in [-0.39, 0.29) is 30.7 Å². The number of ether oxygens (including phenoxy) is 1. The van der Waals surface area contributed by atoms with Gasteiger partial charge in [-0.15, -0.1) is 0 Å². The third kappa shape index (κ3) is 5.89. The van der Waals surface area contributed by atoms with Crippen molar-refractivity contribution in [2.45, 2.75) is 46.1 Å². The number of ketones is 1. The van der Waals surface area contributed by atoms with E-state index < -0.39 is 0 Å². The second kappa shape index (κ2) is 5.75. The summed E-state index contributed by atoms with van der Waals surface area (Å²) in [5.41, 5.74) is 0. The fraction of sp³-hybridized carbons (Fsp3) is 0.778. The number of Topliss-reactive ketones (excluding diaryl/α,β-unsaturated/α-hetero) is 1. The van der Waals surface area contributed by atoms with Crippen molar-refractivity contribution in [2.75, 3.05) is 0 Å². The van der Waals surface area contributed by atoms with Crippen LogP contribution in [0.2, 0.25) is 0 Å². The molecule has 3 nitrogen and oxygen atoms in total. The summed E-state index contributed by atoms with van der Waals surface area (Å²) in [6.45, 7) is 5.26. The summed E-state index contributed by atoms with van der Waals surface area (Å²) in [4.78, 5) is 21.4. The first kappa shape index (κ1) is 11.1. The predicted octanol–water partition coefficient (Wildman–Crippen LogP) is 1.70. The quantitative estimate of drug-likeness (QED) is 0.593. The standard InChI is InChI=1S/C9H16O3/c1-4-8(3)12-9(11)6-5-7(2)10/h8H,4-6H2,1-3H3. The van der Waals surface area contributed by atoms with Crippen molar-refractivity contribution < 1.29 is 14.3 Å². The molecule has 0 aromatic carbocycles. The molecule has 0 spiro atoms. The van der Waals surface area contributed by atoms with Gasteiger partial charge in [0.05, 0.1) is 12.5 Å². The smallest absolute Gasteiger partial charge is 0.306 e. The first-order valence-electron chi connectivity index (χ1n) is 4.25. The van der Waals surface area contributed by atoms with Crippen LogP contribution in [-0.4, -0.2) is 17.9 Å². The van der Waals surface area contributed by atoms with E-state index in [1.807, 2.05) is 13.8 Å². The molecule has 0 aliphatic heterocycles. The van der Waals surface area contributed by atoms with Gasteiger partial charge in [-0.25, -0.2) is 0 Å². The summed E-state index contributed by atoms with van der Waals surface area (Å²) in [6.07, 6.45) is 1.27. The Morgan fingerprint density at radius 1 is 1.33 bits per heavy atom. The topological polar surface area (TPSA) is 43.4 Å². The second-order valence-corrected chi connectivity index (χ2v) is 2.91. The zero-order valence-electron chi connectivity index (χ0n) is 7.92. The monoisotopic (exact) mass is 172 g/mol. The molecule has 0 aliphatic rings. The van der Waals surface area contributed by atoms with Crippen molar-refractivity contribution in [3.63, 3.8) is 0 Å². The number of esters is 1. The van der Waals surface area contributed by atoms with Crippen molar-refractivity contribution in [3.05, 3.63) is 0 Å². The second-order valence-electron chi connectivity index (χ2n) is 2.91. The van der Waals surface area contributed by atoms with Crippen LogP contribution in [0.15, 0.2) is 0 Å². The molecule has 0 fully saturated rings. The number of rotatable bonds is 5. The van der Waals surface area contributed by atoms with Crippen LogP contribution in [-0.2, 0) is 14.3 Å². The predicted molar refractivity (Wildman–Crippen MR) is 45.8 cm³/mol. The molecular weight excluding hydrogens is 156 g/mol. The van der Waals surface area contributed by atoms with Gasteiger partial charge in [-0.2, -0.15) is 0 Å². The molecule has 0 saturated heterocycles. The summed E-state index contributed by atoms with van der Waals surface area (Å²) in [7, 11) is 0. The molecule has 12 heavy (non-hydrogen) atoms. The first-order valence-corrected chi connectivity index (χ1v) is 4.25. The van der Waals surface area contributed by atoms with Crippen LogP contribution in [0.4, 0.5) is 0 Å². The van der Waals surface area contributed by atoms with Crippen molar-refractivity contribution >= 4 is 11.8 Å². The molecule has 0 amide bonds. The van der Waals surface area contributed by atoms with E-state index in [0.717, 1.165) is 6.42 Å². The molecule has 0 aromatic rings. The van der Waals surface area contributed by atoms with E-state index >= 15 is 0 Å². The normalized spacial score (nSPS) is 12.2. The van der Waals surface area contributed by atoms with E-state index in [9.17, 15) is 9.59 Å². The Labute approximate surface area is 73.1 Å². The maximum absolute atomic E-state index is 10.9. The highest BCUT2D eigenvalue weighted by Gasteiger charge is 2.07. The molecule has 0 heterocycles. The Hall–Kier alpha value is -0.860. The van der Waals surface area contributed by atoms with Crippen LogP contribution >= 0.6 is 0 Å². The Morgan fingerprint density at radius 3 is 2.33 bits per heavy atom. The zero-order valence-corrected chi connectivity index (χ0v) is 7.92. The van der Waals surface area contributed by atoms with E-state index in [1.54, 1.807) is 0 Å². The largest absolute Gasteiger partial charge is 0.463 e. The van der Waals surface area contributed by atoms with E-state index in [1.165, 1.54) is 6.92 Å². The van der Waals surface area contributed by atoms with Crippen LogP contribution in [0.3, 0.4) is 0 Å². The fourth-order valence-electron chi connectivity index (χ4n) is 0.645. The number of hydrogen-bond acceptors (Lipinski definition) is 3. The van der Waals surface area contributed by atoms with E-state index in [4.69, 9.17) is 4.74 Å². The highest BCUT2D eigenvalue weighted by Crippen LogP contribution is 2.00. The first-order chi connectivity index (χ1) is 5.56. The average Bonchev–Trinajstić information content (AvgIpc) is 2.00. The van der Waals surface area contributed by atoms with Crippen molar-refractivity contribution in [1.29, 1.82) is 0 Å². The molecule has 0 saturated carbocycles. The Bertz CT molecular complexity index is 163. The molecule has 0 rings (SSSR count). The summed E-state index contributed by atoms with van der Waals surface area (Å²) in [5, 5.41) is 0. The average molecular weight is 172 g/mol. The highest BCUT2D eigenvalue weighted by atomic mass is 16.5. The third-order valence-corrected chi connectivity index (χ3v) is 1.59. The van der Waals surface area contributed by atoms with Gasteiger partial charge in [-0.1, -0.05) is 6.92 Å². The van der Waals surface area contributed by atoms with E-state index in [2.05, 4.69) is 0 Å². The lowest BCUT2D eigenvalue weighted by Crippen LogP contribution is -2.14. The molecule has 70 valence electrons. The molecule has 1 atom stereocenters. The molecular formula is C9H16O3. The van der Waals surface area contributed by atoms with Crippen LogP contribution in [0.5, 0.6) is 0 Å². The maximum Gasteiger partial charge on any atom is 0.306 e. The Balaban J connectivity index is 3.53. The molecule has 1 unspecified atom stereocenters. The lowest BCUT2D eigenvalue weighted by Gasteiger charge is -2.09. The van der Waals surface area contributed by atoms with Gasteiger partial charge >= 0.3 is 5.97 Å². The van der Waals surface area contributed by atoms with Gasteiger partial charge < -0.3 is 9.53 Å². The van der Waals surface area contributed by atoms with Crippen molar-refractivity contribution in [2.24, 2.45) is 0 Å². The van der Waals surface area contributed by atoms with E-state index in [0.29, 0.717) is 0 Å². The highest BCUT2D eigenvalue weighted by molar-refractivity contribution is 5.80. The lowest BCUT2D eigenvalue weighted by atomic mass is 10.2.